The molecule has 0 fully saturated rings. The van der Waals surface area contributed by atoms with Crippen LogP contribution in [0.25, 0.3) is 0 Å². The van der Waals surface area contributed by atoms with Crippen molar-refractivity contribution in [2.75, 3.05) is 11.9 Å². The molecule has 0 bridgehead atoms. The minimum Gasteiger partial charge on any atom is -0.335 e. The maximum Gasteiger partial charge on any atom is 0.161 e. The van der Waals surface area contributed by atoms with E-state index < -0.39 is 0 Å². The van der Waals surface area contributed by atoms with Gasteiger partial charge in [-0.3, -0.25) is 4.99 Å². The molecule has 1 aliphatic rings. The van der Waals surface area contributed by atoms with E-state index in [1.165, 1.54) is 30.5 Å². The summed E-state index contributed by atoms with van der Waals surface area (Å²) in [5.41, 5.74) is 2.62. The maximum atomic E-state index is 4.70. The van der Waals surface area contributed by atoms with Gasteiger partial charge in [-0.2, -0.15) is 0 Å². The fourth-order valence-corrected chi connectivity index (χ4v) is 4.10. The highest BCUT2D eigenvalue weighted by Gasteiger charge is 2.26. The summed E-state index contributed by atoms with van der Waals surface area (Å²) >= 11 is 1.93. The summed E-state index contributed by atoms with van der Waals surface area (Å²) in [7, 11) is 0. The number of nitrogens with one attached hydrogen (secondary N) is 1. The van der Waals surface area contributed by atoms with Crippen LogP contribution in [0.2, 0.25) is 0 Å². The minimum absolute atomic E-state index is 0.658. The van der Waals surface area contributed by atoms with Gasteiger partial charge in [-0.1, -0.05) is 70.0 Å². The molecule has 0 amide bonds. The zero-order chi connectivity index (χ0) is 14.4. The van der Waals surface area contributed by atoms with Gasteiger partial charge in [0.2, 0.25) is 0 Å². The van der Waals surface area contributed by atoms with Gasteiger partial charge in [0.25, 0.3) is 0 Å². The Morgan fingerprint density at radius 2 is 2.00 bits per heavy atom. The molecule has 20 heavy (non-hydrogen) atoms. The number of hydrogen-bond acceptors (Lipinski definition) is 3. The lowest BCUT2D eigenvalue weighted by atomic mass is 9.99. The van der Waals surface area contributed by atoms with Crippen molar-refractivity contribution >= 4 is 22.6 Å². The average molecular weight is 290 g/mol. The molecule has 110 valence electrons. The Bertz CT molecular complexity index is 452. The van der Waals surface area contributed by atoms with E-state index in [1.807, 2.05) is 11.8 Å². The van der Waals surface area contributed by atoms with Crippen molar-refractivity contribution in [1.29, 1.82) is 0 Å². The van der Waals surface area contributed by atoms with Crippen molar-refractivity contribution in [3.8, 4) is 0 Å². The maximum absolute atomic E-state index is 4.70. The molecule has 1 unspecified atom stereocenters. The van der Waals surface area contributed by atoms with Gasteiger partial charge in [0.1, 0.15) is 0 Å². The summed E-state index contributed by atoms with van der Waals surface area (Å²) in [6, 6.07) is 8.59. The second kappa shape index (κ2) is 7.72. The van der Waals surface area contributed by atoms with Crippen molar-refractivity contribution in [1.82, 2.24) is 0 Å². The summed E-state index contributed by atoms with van der Waals surface area (Å²) < 4.78 is 0. The molecule has 0 spiro atoms. The number of rotatable bonds is 6. The second-order valence-corrected chi connectivity index (χ2v) is 6.64. The first-order valence-electron chi connectivity index (χ1n) is 7.84. The zero-order valence-corrected chi connectivity index (χ0v) is 13.7. The number of hydrogen-bond donors (Lipinski definition) is 1. The van der Waals surface area contributed by atoms with Crippen LogP contribution < -0.4 is 5.32 Å². The van der Waals surface area contributed by atoms with Crippen LogP contribution in [0.4, 0.5) is 5.69 Å². The van der Waals surface area contributed by atoms with Crippen LogP contribution in [0.1, 0.15) is 45.6 Å². The van der Waals surface area contributed by atoms with Gasteiger partial charge in [-0.05, 0) is 24.0 Å². The Morgan fingerprint density at radius 1 is 1.25 bits per heavy atom. The Morgan fingerprint density at radius 3 is 2.70 bits per heavy atom. The SMILES string of the molecule is CCCc1ccccc1NC1=NCC(C(CC)CC)S1. The first-order valence-corrected chi connectivity index (χ1v) is 8.72. The smallest absolute Gasteiger partial charge is 0.161 e. The van der Waals surface area contributed by atoms with Crippen molar-refractivity contribution in [2.24, 2.45) is 10.9 Å². The molecule has 0 saturated heterocycles. The number of aliphatic imine (C=N–C) groups is 1. The van der Waals surface area contributed by atoms with Crippen LogP contribution in [0.3, 0.4) is 0 Å². The third-order valence-corrected chi connectivity index (χ3v) is 5.32. The van der Waals surface area contributed by atoms with E-state index in [4.69, 9.17) is 4.99 Å². The largest absolute Gasteiger partial charge is 0.335 e. The van der Waals surface area contributed by atoms with Crippen LogP contribution in [-0.2, 0) is 6.42 Å². The molecule has 2 rings (SSSR count). The van der Waals surface area contributed by atoms with Crippen molar-refractivity contribution in [3.63, 3.8) is 0 Å². The molecule has 0 aliphatic carbocycles. The molecule has 0 saturated carbocycles. The predicted octanol–water partition coefficient (Wildman–Crippen LogP) is 4.96. The lowest BCUT2D eigenvalue weighted by Gasteiger charge is -2.19. The Labute approximate surface area is 127 Å². The molecular formula is C17H26N2S. The highest BCUT2D eigenvalue weighted by atomic mass is 32.2. The summed E-state index contributed by atoms with van der Waals surface area (Å²) in [5, 5.41) is 5.30. The standard InChI is InChI=1S/C17H26N2S/c1-4-9-14-10-7-8-11-15(14)19-17-18-12-16(20-17)13(5-2)6-3/h7-8,10-11,13,16H,4-6,9,12H2,1-3H3,(H,18,19). The van der Waals surface area contributed by atoms with Crippen LogP contribution >= 0.6 is 11.8 Å². The quantitative estimate of drug-likeness (QED) is 0.801. The number of aryl methyl sites for hydroxylation is 1. The topological polar surface area (TPSA) is 24.4 Å². The third-order valence-electron chi connectivity index (χ3n) is 4.03. The molecule has 2 nitrogen and oxygen atoms in total. The van der Waals surface area contributed by atoms with Gasteiger partial charge in [-0.15, -0.1) is 0 Å². The third kappa shape index (κ3) is 3.78. The zero-order valence-electron chi connectivity index (χ0n) is 12.9. The van der Waals surface area contributed by atoms with Crippen LogP contribution in [0.5, 0.6) is 0 Å². The van der Waals surface area contributed by atoms with E-state index in [9.17, 15) is 0 Å². The molecule has 1 heterocycles. The van der Waals surface area contributed by atoms with E-state index in [0.717, 1.165) is 24.1 Å². The van der Waals surface area contributed by atoms with Gasteiger partial charge >= 0.3 is 0 Å². The van der Waals surface area contributed by atoms with Crippen LogP contribution in [0.15, 0.2) is 29.3 Å². The van der Waals surface area contributed by atoms with Crippen molar-refractivity contribution < 1.29 is 0 Å². The minimum atomic E-state index is 0.658. The Balaban J connectivity index is 1.98. The molecule has 0 aromatic heterocycles. The number of thioether (sulfide) groups is 1. The monoisotopic (exact) mass is 290 g/mol. The van der Waals surface area contributed by atoms with E-state index in [0.29, 0.717) is 5.25 Å². The van der Waals surface area contributed by atoms with Gasteiger partial charge < -0.3 is 5.32 Å². The van der Waals surface area contributed by atoms with E-state index in [1.54, 1.807) is 0 Å². The first-order chi connectivity index (χ1) is 9.78. The fraction of sp³-hybridized carbons (Fsp3) is 0.588. The number of anilines is 1. The van der Waals surface area contributed by atoms with Gasteiger partial charge in [-0.25, -0.2) is 0 Å². The summed E-state index contributed by atoms with van der Waals surface area (Å²) in [5.74, 6) is 0.786. The fourth-order valence-electron chi connectivity index (χ4n) is 2.76. The molecule has 3 heteroatoms. The molecule has 1 aliphatic heterocycles. The van der Waals surface area contributed by atoms with E-state index in [-0.39, 0.29) is 0 Å². The summed E-state index contributed by atoms with van der Waals surface area (Å²) in [6.07, 6.45) is 4.80. The van der Waals surface area contributed by atoms with Crippen molar-refractivity contribution in [3.05, 3.63) is 29.8 Å². The summed E-state index contributed by atoms with van der Waals surface area (Å²) in [6.45, 7) is 7.77. The van der Waals surface area contributed by atoms with Gasteiger partial charge in [0, 0.05) is 10.9 Å². The van der Waals surface area contributed by atoms with Gasteiger partial charge in [0.05, 0.1) is 6.54 Å². The number of nitrogens with zero attached hydrogens (tertiary/aromatic N) is 1. The first kappa shape index (κ1) is 15.4. The number of benzene rings is 1. The molecule has 1 aromatic rings. The number of para-hydroxylation sites is 1. The second-order valence-electron chi connectivity index (χ2n) is 5.41. The van der Waals surface area contributed by atoms with Crippen LogP contribution in [0, 0.1) is 5.92 Å². The average Bonchev–Trinajstić information content (AvgIpc) is 2.91. The Hall–Kier alpha value is -0.960. The van der Waals surface area contributed by atoms with E-state index >= 15 is 0 Å². The van der Waals surface area contributed by atoms with Crippen LogP contribution in [-0.4, -0.2) is 17.0 Å². The highest BCUT2D eigenvalue weighted by Crippen LogP contribution is 2.32. The Kier molecular flexibility index (Phi) is 5.96. The normalized spacial score (nSPS) is 18.4. The molecule has 0 radical (unpaired) electrons. The van der Waals surface area contributed by atoms with E-state index in [2.05, 4.69) is 50.4 Å². The lowest BCUT2D eigenvalue weighted by molar-refractivity contribution is 0.479. The molecule has 1 N–H and O–H groups in total. The summed E-state index contributed by atoms with van der Waals surface area (Å²) in [4.78, 5) is 4.70. The molecular weight excluding hydrogens is 264 g/mol. The molecule has 1 atom stereocenters. The predicted molar refractivity (Wildman–Crippen MR) is 91.8 cm³/mol. The molecule has 1 aromatic carbocycles. The van der Waals surface area contributed by atoms with Gasteiger partial charge in [0.15, 0.2) is 5.17 Å². The number of amidine groups is 1. The lowest BCUT2D eigenvalue weighted by Crippen LogP contribution is -2.17. The highest BCUT2D eigenvalue weighted by molar-refractivity contribution is 8.15. The van der Waals surface area contributed by atoms with Crippen molar-refractivity contribution in [2.45, 2.75) is 51.7 Å².